The van der Waals surface area contributed by atoms with Crippen molar-refractivity contribution in [2.24, 2.45) is 0 Å². The number of nitriles is 1. The minimum absolute atomic E-state index is 0.725. The van der Waals surface area contributed by atoms with Crippen molar-refractivity contribution in [3.8, 4) is 6.19 Å². The Morgan fingerprint density at radius 3 is 3.00 bits per heavy atom. The molecule has 66 valence electrons. The Kier molecular flexibility index (Phi) is 2.12. The van der Waals surface area contributed by atoms with Gasteiger partial charge in [0, 0.05) is 11.6 Å². The zero-order valence-corrected chi connectivity index (χ0v) is 7.88. The van der Waals surface area contributed by atoms with Crippen molar-refractivity contribution in [2.45, 2.75) is 13.0 Å². The van der Waals surface area contributed by atoms with Crippen LogP contribution in [0.3, 0.4) is 0 Å². The van der Waals surface area contributed by atoms with E-state index in [0.717, 1.165) is 24.5 Å². The van der Waals surface area contributed by atoms with E-state index in [1.165, 1.54) is 11.1 Å². The molecule has 0 N–H and O–H groups in total. The van der Waals surface area contributed by atoms with Gasteiger partial charge in [0.2, 0.25) is 0 Å². The van der Waals surface area contributed by atoms with Gasteiger partial charge in [0.25, 0.3) is 0 Å². The van der Waals surface area contributed by atoms with Gasteiger partial charge in [-0.2, -0.15) is 5.26 Å². The summed E-state index contributed by atoms with van der Waals surface area (Å²) in [6.45, 7) is 1.53. The SMILES string of the molecule is N#CN1CCc2cc(Cl)ccc2C1. The van der Waals surface area contributed by atoms with Gasteiger partial charge in [-0.25, -0.2) is 0 Å². The molecule has 0 bridgehead atoms. The second-order valence-corrected chi connectivity index (χ2v) is 3.62. The average molecular weight is 193 g/mol. The molecule has 0 saturated carbocycles. The number of rotatable bonds is 0. The molecule has 0 atom stereocenters. The Bertz CT molecular complexity index is 368. The van der Waals surface area contributed by atoms with E-state index < -0.39 is 0 Å². The molecule has 3 heteroatoms. The molecular weight excluding hydrogens is 184 g/mol. The fourth-order valence-electron chi connectivity index (χ4n) is 1.61. The van der Waals surface area contributed by atoms with Crippen LogP contribution in [0.25, 0.3) is 0 Å². The second-order valence-electron chi connectivity index (χ2n) is 3.18. The van der Waals surface area contributed by atoms with Gasteiger partial charge in [-0.3, -0.25) is 0 Å². The minimum Gasteiger partial charge on any atom is -0.306 e. The highest BCUT2D eigenvalue weighted by molar-refractivity contribution is 6.30. The molecule has 2 nitrogen and oxygen atoms in total. The first-order valence-corrected chi connectivity index (χ1v) is 4.59. The van der Waals surface area contributed by atoms with E-state index in [4.69, 9.17) is 16.9 Å². The van der Waals surface area contributed by atoms with Gasteiger partial charge in [-0.15, -0.1) is 0 Å². The van der Waals surface area contributed by atoms with Crippen molar-refractivity contribution in [1.82, 2.24) is 4.90 Å². The summed E-state index contributed by atoms with van der Waals surface area (Å²) in [6, 6.07) is 5.87. The number of hydrogen-bond acceptors (Lipinski definition) is 2. The molecule has 0 fully saturated rings. The van der Waals surface area contributed by atoms with E-state index in [-0.39, 0.29) is 0 Å². The topological polar surface area (TPSA) is 27.0 Å². The molecule has 0 radical (unpaired) electrons. The first-order chi connectivity index (χ1) is 6.29. The number of halogens is 1. The number of hydrogen-bond donors (Lipinski definition) is 0. The van der Waals surface area contributed by atoms with Crippen molar-refractivity contribution < 1.29 is 0 Å². The van der Waals surface area contributed by atoms with E-state index in [0.29, 0.717) is 0 Å². The van der Waals surface area contributed by atoms with Crippen LogP contribution < -0.4 is 0 Å². The summed E-state index contributed by atoms with van der Waals surface area (Å²) in [4.78, 5) is 1.76. The predicted molar refractivity (Wildman–Crippen MR) is 51.2 cm³/mol. The molecule has 0 aliphatic carbocycles. The smallest absolute Gasteiger partial charge is 0.179 e. The summed E-state index contributed by atoms with van der Waals surface area (Å²) in [6.07, 6.45) is 3.08. The summed E-state index contributed by atoms with van der Waals surface area (Å²) in [7, 11) is 0. The third-order valence-electron chi connectivity index (χ3n) is 2.32. The van der Waals surface area contributed by atoms with Crippen LogP contribution in [0, 0.1) is 11.5 Å². The van der Waals surface area contributed by atoms with E-state index in [9.17, 15) is 0 Å². The van der Waals surface area contributed by atoms with Crippen molar-refractivity contribution >= 4 is 11.6 Å². The summed E-state index contributed by atoms with van der Waals surface area (Å²) < 4.78 is 0. The van der Waals surface area contributed by atoms with Crippen molar-refractivity contribution in [2.75, 3.05) is 6.54 Å². The largest absolute Gasteiger partial charge is 0.306 e. The third kappa shape index (κ3) is 1.61. The van der Waals surface area contributed by atoms with Crippen LogP contribution in [0.5, 0.6) is 0 Å². The summed E-state index contributed by atoms with van der Waals surface area (Å²) in [5.41, 5.74) is 2.50. The van der Waals surface area contributed by atoms with Crippen LogP contribution >= 0.6 is 11.6 Å². The van der Waals surface area contributed by atoms with Gasteiger partial charge in [-0.05, 0) is 29.7 Å². The lowest BCUT2D eigenvalue weighted by Crippen LogP contribution is -2.25. The Hall–Kier alpha value is -1.20. The lowest BCUT2D eigenvalue weighted by molar-refractivity contribution is 0.368. The Labute approximate surface area is 82.3 Å². The number of fused-ring (bicyclic) bond motifs is 1. The lowest BCUT2D eigenvalue weighted by atomic mass is 10.0. The fourth-order valence-corrected chi connectivity index (χ4v) is 1.80. The molecule has 1 aliphatic rings. The van der Waals surface area contributed by atoms with Crippen molar-refractivity contribution in [1.29, 1.82) is 5.26 Å². The molecule has 0 amide bonds. The standard InChI is InChI=1S/C10H9ClN2/c11-10-2-1-9-6-13(7-12)4-3-8(9)5-10/h1-2,5H,3-4,6H2. The average Bonchev–Trinajstić information content (AvgIpc) is 2.17. The second kappa shape index (κ2) is 3.27. The van der Waals surface area contributed by atoms with Gasteiger partial charge in [0.05, 0.1) is 6.54 Å². The highest BCUT2D eigenvalue weighted by Gasteiger charge is 2.14. The highest BCUT2D eigenvalue weighted by Crippen LogP contribution is 2.21. The molecule has 2 rings (SSSR count). The molecule has 1 aliphatic heterocycles. The first kappa shape index (κ1) is 8.40. The van der Waals surface area contributed by atoms with Gasteiger partial charge in [0.1, 0.15) is 0 Å². The molecule has 0 saturated heterocycles. The molecule has 0 aromatic heterocycles. The van der Waals surface area contributed by atoms with Crippen LogP contribution in [0.15, 0.2) is 18.2 Å². The van der Waals surface area contributed by atoms with Crippen LogP contribution in [-0.4, -0.2) is 11.4 Å². The molecular formula is C10H9ClN2. The maximum Gasteiger partial charge on any atom is 0.179 e. The van der Waals surface area contributed by atoms with Gasteiger partial charge in [0.15, 0.2) is 6.19 Å². The predicted octanol–water partition coefficient (Wildman–Crippen LogP) is 2.18. The maximum atomic E-state index is 8.72. The van der Waals surface area contributed by atoms with E-state index in [1.807, 2.05) is 18.2 Å². The van der Waals surface area contributed by atoms with E-state index in [2.05, 4.69) is 6.19 Å². The molecule has 0 unspecified atom stereocenters. The van der Waals surface area contributed by atoms with Gasteiger partial charge in [-0.1, -0.05) is 17.7 Å². The normalized spacial score (nSPS) is 14.9. The molecule has 0 spiro atoms. The lowest BCUT2D eigenvalue weighted by Gasteiger charge is -2.23. The highest BCUT2D eigenvalue weighted by atomic mass is 35.5. The Morgan fingerprint density at radius 1 is 1.38 bits per heavy atom. The number of benzene rings is 1. The summed E-state index contributed by atoms with van der Waals surface area (Å²) >= 11 is 5.87. The van der Waals surface area contributed by atoms with Crippen molar-refractivity contribution in [3.05, 3.63) is 34.3 Å². The van der Waals surface area contributed by atoms with Crippen LogP contribution in [0.4, 0.5) is 0 Å². The Morgan fingerprint density at radius 2 is 2.23 bits per heavy atom. The van der Waals surface area contributed by atoms with Gasteiger partial charge >= 0.3 is 0 Å². The molecule has 1 aromatic carbocycles. The zero-order chi connectivity index (χ0) is 9.26. The van der Waals surface area contributed by atoms with Crippen molar-refractivity contribution in [3.63, 3.8) is 0 Å². The quantitative estimate of drug-likeness (QED) is 0.590. The zero-order valence-electron chi connectivity index (χ0n) is 7.13. The third-order valence-corrected chi connectivity index (χ3v) is 2.56. The van der Waals surface area contributed by atoms with E-state index >= 15 is 0 Å². The fraction of sp³-hybridized carbons (Fsp3) is 0.300. The van der Waals surface area contributed by atoms with E-state index in [1.54, 1.807) is 4.90 Å². The summed E-state index contributed by atoms with van der Waals surface area (Å²) in [5.74, 6) is 0. The maximum absolute atomic E-state index is 8.72. The number of nitrogens with zero attached hydrogens (tertiary/aromatic N) is 2. The Balaban J connectivity index is 2.32. The summed E-state index contributed by atoms with van der Waals surface area (Å²) in [5, 5.41) is 9.50. The minimum atomic E-state index is 0.725. The molecule has 1 aromatic rings. The molecule has 1 heterocycles. The van der Waals surface area contributed by atoms with Crippen LogP contribution in [0.2, 0.25) is 5.02 Å². The van der Waals surface area contributed by atoms with Crippen LogP contribution in [-0.2, 0) is 13.0 Å². The van der Waals surface area contributed by atoms with Gasteiger partial charge < -0.3 is 4.90 Å². The first-order valence-electron chi connectivity index (χ1n) is 4.21. The van der Waals surface area contributed by atoms with Crippen LogP contribution in [0.1, 0.15) is 11.1 Å². The molecule has 13 heavy (non-hydrogen) atoms. The monoisotopic (exact) mass is 192 g/mol.